The van der Waals surface area contributed by atoms with Gasteiger partial charge in [0.25, 0.3) is 0 Å². The number of carbonyl (C=O) groups excluding carboxylic acids is 3. The first kappa shape index (κ1) is 21.7. The number of nitrogens with one attached hydrogen (secondary N) is 2. The number of aryl methyl sites for hydroxylation is 1. The zero-order chi connectivity index (χ0) is 22.2. The van der Waals surface area contributed by atoms with Crippen molar-refractivity contribution in [1.29, 1.82) is 0 Å². The third kappa shape index (κ3) is 6.52. The van der Waals surface area contributed by atoms with Crippen molar-refractivity contribution in [3.8, 4) is 5.75 Å². The molecule has 156 valence electrons. The van der Waals surface area contributed by atoms with Gasteiger partial charge in [-0.15, -0.1) is 0 Å². The van der Waals surface area contributed by atoms with E-state index in [-0.39, 0.29) is 0 Å². The summed E-state index contributed by atoms with van der Waals surface area (Å²) in [4.78, 5) is 35.8. The van der Waals surface area contributed by atoms with Gasteiger partial charge in [-0.25, -0.2) is 10.2 Å². The van der Waals surface area contributed by atoms with Crippen LogP contribution < -0.4 is 15.5 Å². The lowest BCUT2D eigenvalue weighted by Crippen LogP contribution is -2.32. The summed E-state index contributed by atoms with van der Waals surface area (Å²) in [5.41, 5.74) is 4.64. The van der Waals surface area contributed by atoms with Crippen molar-refractivity contribution in [2.45, 2.75) is 6.92 Å². The highest BCUT2D eigenvalue weighted by Crippen LogP contribution is 2.15. The van der Waals surface area contributed by atoms with Gasteiger partial charge in [-0.3, -0.25) is 9.59 Å². The number of ether oxygens (including phenoxy) is 1. The molecule has 0 saturated carbocycles. The van der Waals surface area contributed by atoms with Crippen LogP contribution in [0.15, 0.2) is 77.9 Å². The Morgan fingerprint density at radius 1 is 0.935 bits per heavy atom. The second-order valence-corrected chi connectivity index (χ2v) is 6.92. The molecule has 0 aromatic heterocycles. The number of nitrogens with zero attached hydrogens (tertiary/aromatic N) is 1. The van der Waals surface area contributed by atoms with Gasteiger partial charge >= 0.3 is 17.8 Å². The van der Waals surface area contributed by atoms with E-state index in [0.29, 0.717) is 27.6 Å². The number of esters is 1. The molecule has 0 bridgehead atoms. The molecule has 3 aromatic carbocycles. The van der Waals surface area contributed by atoms with Crippen molar-refractivity contribution >= 4 is 41.3 Å². The summed E-state index contributed by atoms with van der Waals surface area (Å²) in [5, 5.41) is 6.70. The number of carbonyl (C=O) groups is 3. The Kier molecular flexibility index (Phi) is 7.13. The topological polar surface area (TPSA) is 96.9 Å². The van der Waals surface area contributed by atoms with Crippen LogP contribution in [-0.4, -0.2) is 24.0 Å². The molecule has 3 rings (SSSR count). The Morgan fingerprint density at radius 2 is 1.65 bits per heavy atom. The summed E-state index contributed by atoms with van der Waals surface area (Å²) in [5.74, 6) is -1.87. The van der Waals surface area contributed by atoms with Gasteiger partial charge in [0.1, 0.15) is 5.75 Å². The fraction of sp³-hybridized carbons (Fsp3) is 0.0435. The Labute approximate surface area is 183 Å². The molecule has 0 heterocycles. The quantitative estimate of drug-likeness (QED) is 0.208. The maximum atomic E-state index is 12.2. The van der Waals surface area contributed by atoms with Crippen molar-refractivity contribution in [2.75, 3.05) is 5.32 Å². The summed E-state index contributed by atoms with van der Waals surface area (Å²) in [6, 6.07) is 20.0. The van der Waals surface area contributed by atoms with Crippen LogP contribution >= 0.6 is 11.6 Å². The molecule has 0 radical (unpaired) electrons. The fourth-order valence-electron chi connectivity index (χ4n) is 2.50. The van der Waals surface area contributed by atoms with Gasteiger partial charge in [0.2, 0.25) is 0 Å². The number of hydrogen-bond donors (Lipinski definition) is 2. The van der Waals surface area contributed by atoms with E-state index in [9.17, 15) is 14.4 Å². The molecule has 0 saturated heterocycles. The predicted octanol–water partition coefficient (Wildman–Crippen LogP) is 3.96. The van der Waals surface area contributed by atoms with Gasteiger partial charge in [0.05, 0.1) is 11.8 Å². The van der Waals surface area contributed by atoms with E-state index in [0.717, 1.165) is 5.56 Å². The zero-order valence-electron chi connectivity index (χ0n) is 16.5. The largest absolute Gasteiger partial charge is 0.423 e. The van der Waals surface area contributed by atoms with Crippen LogP contribution in [0.1, 0.15) is 21.5 Å². The van der Waals surface area contributed by atoms with Crippen LogP contribution in [-0.2, 0) is 9.59 Å². The molecule has 0 aliphatic rings. The molecule has 31 heavy (non-hydrogen) atoms. The Bertz CT molecular complexity index is 1130. The number of benzene rings is 3. The maximum absolute atomic E-state index is 12.2. The number of halogens is 1. The van der Waals surface area contributed by atoms with Crippen molar-refractivity contribution in [2.24, 2.45) is 5.10 Å². The molecule has 0 atom stereocenters. The van der Waals surface area contributed by atoms with Gasteiger partial charge in [0.15, 0.2) is 0 Å². The van der Waals surface area contributed by atoms with Crippen LogP contribution in [0.4, 0.5) is 5.69 Å². The third-order valence-electron chi connectivity index (χ3n) is 4.03. The van der Waals surface area contributed by atoms with E-state index in [1.165, 1.54) is 6.21 Å². The SMILES string of the molecule is Cc1cccc(C(=O)Oc2ccc(C=NNC(=O)C(=O)Nc3ccc(Cl)cc3)cc2)c1. The van der Waals surface area contributed by atoms with Crippen LogP contribution in [0.3, 0.4) is 0 Å². The van der Waals surface area contributed by atoms with Gasteiger partial charge in [-0.05, 0) is 73.2 Å². The first-order chi connectivity index (χ1) is 14.9. The molecule has 3 aromatic rings. The highest BCUT2D eigenvalue weighted by atomic mass is 35.5. The third-order valence-corrected chi connectivity index (χ3v) is 4.28. The van der Waals surface area contributed by atoms with Crippen molar-refractivity contribution < 1.29 is 19.1 Å². The highest BCUT2D eigenvalue weighted by Gasteiger charge is 2.12. The van der Waals surface area contributed by atoms with Crippen LogP contribution in [0.5, 0.6) is 5.75 Å². The van der Waals surface area contributed by atoms with Crippen LogP contribution in [0, 0.1) is 6.92 Å². The van der Waals surface area contributed by atoms with Gasteiger partial charge in [-0.1, -0.05) is 29.3 Å². The Morgan fingerprint density at radius 3 is 2.32 bits per heavy atom. The smallest absolute Gasteiger partial charge is 0.343 e. The van der Waals surface area contributed by atoms with E-state index in [4.69, 9.17) is 16.3 Å². The van der Waals surface area contributed by atoms with Crippen LogP contribution in [0.25, 0.3) is 0 Å². The molecule has 0 fully saturated rings. The molecular weight excluding hydrogens is 418 g/mol. The molecular formula is C23H18ClN3O4. The molecule has 2 amide bonds. The van der Waals surface area contributed by atoms with E-state index in [2.05, 4.69) is 15.8 Å². The zero-order valence-corrected chi connectivity index (χ0v) is 17.2. The average molecular weight is 436 g/mol. The van der Waals surface area contributed by atoms with Crippen molar-refractivity contribution in [1.82, 2.24) is 5.43 Å². The standard InChI is InChI=1S/C23H18ClN3O4/c1-15-3-2-4-17(13-15)23(30)31-20-11-5-16(6-12-20)14-25-27-22(29)21(28)26-19-9-7-18(24)8-10-19/h2-14H,1H3,(H,26,28)(H,27,29). The number of hydrazone groups is 1. The van der Waals surface area contributed by atoms with E-state index in [1.807, 2.05) is 13.0 Å². The van der Waals surface area contributed by atoms with E-state index >= 15 is 0 Å². The summed E-state index contributed by atoms with van der Waals surface area (Å²) >= 11 is 5.77. The van der Waals surface area contributed by atoms with Crippen LogP contribution in [0.2, 0.25) is 5.02 Å². The monoisotopic (exact) mass is 435 g/mol. The first-order valence-electron chi connectivity index (χ1n) is 9.19. The molecule has 0 unspecified atom stereocenters. The summed E-state index contributed by atoms with van der Waals surface area (Å²) in [6.45, 7) is 1.89. The molecule has 0 aliphatic carbocycles. The Balaban J connectivity index is 1.50. The molecule has 0 aliphatic heterocycles. The molecule has 2 N–H and O–H groups in total. The number of hydrogen-bond acceptors (Lipinski definition) is 5. The van der Waals surface area contributed by atoms with Crippen molar-refractivity contribution in [3.63, 3.8) is 0 Å². The fourth-order valence-corrected chi connectivity index (χ4v) is 2.62. The maximum Gasteiger partial charge on any atom is 0.343 e. The average Bonchev–Trinajstić information content (AvgIpc) is 2.76. The number of rotatable bonds is 5. The normalized spacial score (nSPS) is 10.5. The predicted molar refractivity (Wildman–Crippen MR) is 118 cm³/mol. The lowest BCUT2D eigenvalue weighted by Gasteiger charge is -2.05. The van der Waals surface area contributed by atoms with Crippen molar-refractivity contribution in [3.05, 3.63) is 94.5 Å². The van der Waals surface area contributed by atoms with Gasteiger partial charge in [-0.2, -0.15) is 5.10 Å². The summed E-state index contributed by atoms with van der Waals surface area (Å²) < 4.78 is 5.33. The van der Waals surface area contributed by atoms with Gasteiger partial charge in [0, 0.05) is 10.7 Å². The number of anilines is 1. The summed E-state index contributed by atoms with van der Waals surface area (Å²) in [7, 11) is 0. The van der Waals surface area contributed by atoms with Gasteiger partial charge < -0.3 is 10.1 Å². The minimum absolute atomic E-state index is 0.370. The minimum atomic E-state index is -0.921. The van der Waals surface area contributed by atoms with E-state index in [1.54, 1.807) is 66.7 Å². The molecule has 7 nitrogen and oxygen atoms in total. The molecule has 8 heteroatoms. The van der Waals surface area contributed by atoms with E-state index < -0.39 is 17.8 Å². The highest BCUT2D eigenvalue weighted by molar-refractivity contribution is 6.39. The minimum Gasteiger partial charge on any atom is -0.423 e. The lowest BCUT2D eigenvalue weighted by molar-refractivity contribution is -0.136. The lowest BCUT2D eigenvalue weighted by atomic mass is 10.1. The first-order valence-corrected chi connectivity index (χ1v) is 9.57. The molecule has 0 spiro atoms. The number of amides is 2. The second-order valence-electron chi connectivity index (χ2n) is 6.49. The second kappa shape index (κ2) is 10.2. The Hall–Kier alpha value is -3.97. The summed E-state index contributed by atoms with van der Waals surface area (Å²) in [6.07, 6.45) is 1.36.